The topological polar surface area (TPSA) is 102 Å². The molecule has 23 heavy (non-hydrogen) atoms. The van der Waals surface area contributed by atoms with Gasteiger partial charge in [-0.05, 0) is 45.0 Å². The summed E-state index contributed by atoms with van der Waals surface area (Å²) < 4.78 is 31.4. The van der Waals surface area contributed by atoms with Crippen molar-refractivity contribution in [2.45, 2.75) is 37.8 Å². The van der Waals surface area contributed by atoms with Gasteiger partial charge in [-0.3, -0.25) is 9.59 Å². The number of hydrogen-bond donors (Lipinski definition) is 2. The summed E-state index contributed by atoms with van der Waals surface area (Å²) in [7, 11) is -3.90. The lowest BCUT2D eigenvalue weighted by atomic mass is 10.3. The van der Waals surface area contributed by atoms with Crippen molar-refractivity contribution in [2.75, 3.05) is 6.54 Å². The van der Waals surface area contributed by atoms with Crippen molar-refractivity contribution in [2.24, 2.45) is 0 Å². The van der Waals surface area contributed by atoms with Crippen LogP contribution < -0.4 is 10.0 Å². The number of sulfonamides is 1. The molecule has 1 amide bonds. The van der Waals surface area contributed by atoms with E-state index in [1.165, 1.54) is 38.1 Å². The Kier molecular flexibility index (Phi) is 6.99. The summed E-state index contributed by atoms with van der Waals surface area (Å²) in [6, 6.07) is 4.35. The molecular weight excluding hydrogens is 344 g/mol. The number of halogens is 1. The van der Waals surface area contributed by atoms with Gasteiger partial charge in [0.05, 0.1) is 4.90 Å². The molecule has 2 atom stereocenters. The van der Waals surface area contributed by atoms with E-state index in [0.717, 1.165) is 0 Å². The Balaban J connectivity index is 2.70. The summed E-state index contributed by atoms with van der Waals surface area (Å²) in [6.45, 7) is 4.87. The van der Waals surface area contributed by atoms with Crippen LogP contribution in [0.3, 0.4) is 0 Å². The third-order valence-corrected chi connectivity index (χ3v) is 4.63. The number of amides is 1. The molecule has 0 aromatic heterocycles. The molecule has 2 N–H and O–H groups in total. The van der Waals surface area contributed by atoms with Gasteiger partial charge in [0.1, 0.15) is 6.04 Å². The number of hydrogen-bond acceptors (Lipinski definition) is 5. The van der Waals surface area contributed by atoms with Gasteiger partial charge in [0.15, 0.2) is 6.10 Å². The van der Waals surface area contributed by atoms with E-state index in [-0.39, 0.29) is 4.90 Å². The van der Waals surface area contributed by atoms with Crippen LogP contribution in [-0.4, -0.2) is 39.0 Å². The summed E-state index contributed by atoms with van der Waals surface area (Å²) in [4.78, 5) is 23.3. The highest BCUT2D eigenvalue weighted by Gasteiger charge is 2.26. The quantitative estimate of drug-likeness (QED) is 0.706. The van der Waals surface area contributed by atoms with E-state index in [4.69, 9.17) is 16.3 Å². The molecule has 9 heteroatoms. The van der Waals surface area contributed by atoms with Crippen molar-refractivity contribution in [1.29, 1.82) is 0 Å². The fourth-order valence-corrected chi connectivity index (χ4v) is 2.93. The number of carbonyl (C=O) groups is 2. The van der Waals surface area contributed by atoms with Crippen molar-refractivity contribution < 1.29 is 22.7 Å². The second kappa shape index (κ2) is 8.28. The van der Waals surface area contributed by atoms with Crippen molar-refractivity contribution in [3.8, 4) is 0 Å². The second-order valence-corrected chi connectivity index (χ2v) is 6.92. The molecule has 7 nitrogen and oxygen atoms in total. The zero-order valence-electron chi connectivity index (χ0n) is 13.0. The first kappa shape index (κ1) is 19.4. The molecule has 1 rings (SSSR count). The average molecular weight is 363 g/mol. The smallest absolute Gasteiger partial charge is 0.324 e. The van der Waals surface area contributed by atoms with E-state index in [1.54, 1.807) is 6.92 Å². The zero-order chi connectivity index (χ0) is 17.6. The second-order valence-electron chi connectivity index (χ2n) is 4.77. The van der Waals surface area contributed by atoms with Gasteiger partial charge in [0, 0.05) is 11.6 Å². The molecular formula is C14H19ClN2O5S. The van der Waals surface area contributed by atoms with Crippen LogP contribution in [0, 0.1) is 0 Å². The fraction of sp³-hybridized carbons (Fsp3) is 0.429. The highest BCUT2D eigenvalue weighted by molar-refractivity contribution is 7.89. The Bertz CT molecular complexity index is 660. The van der Waals surface area contributed by atoms with E-state index < -0.39 is 34.0 Å². The highest BCUT2D eigenvalue weighted by atomic mass is 35.5. The first-order valence-corrected chi connectivity index (χ1v) is 8.79. The largest absolute Gasteiger partial charge is 0.451 e. The Morgan fingerprint density at radius 2 is 1.78 bits per heavy atom. The van der Waals surface area contributed by atoms with E-state index in [2.05, 4.69) is 10.0 Å². The lowest BCUT2D eigenvalue weighted by Crippen LogP contribution is -2.43. The molecule has 0 aliphatic carbocycles. The Morgan fingerprint density at radius 3 is 2.30 bits per heavy atom. The summed E-state index contributed by atoms with van der Waals surface area (Å²) in [5.41, 5.74) is 0. The maximum absolute atomic E-state index is 12.1. The van der Waals surface area contributed by atoms with E-state index in [0.29, 0.717) is 11.6 Å². The Morgan fingerprint density at radius 1 is 1.22 bits per heavy atom. The van der Waals surface area contributed by atoms with Crippen LogP contribution in [0.15, 0.2) is 29.2 Å². The van der Waals surface area contributed by atoms with Gasteiger partial charge in [-0.15, -0.1) is 0 Å². The highest BCUT2D eigenvalue weighted by Crippen LogP contribution is 2.14. The Labute approximate surface area is 140 Å². The molecule has 1 aromatic rings. The maximum atomic E-state index is 12.1. The van der Waals surface area contributed by atoms with Gasteiger partial charge in [-0.25, -0.2) is 8.42 Å². The number of nitrogens with one attached hydrogen (secondary N) is 2. The molecule has 1 aromatic carbocycles. The number of ether oxygens (including phenoxy) is 1. The number of likely N-dealkylation sites (N-methyl/N-ethyl adjacent to an activating group) is 1. The standard InChI is InChI=1S/C14H19ClN2O5S/c1-4-16-13(18)10(3)22-14(19)9(2)17-23(20,21)12-7-5-11(15)6-8-12/h5-10,17H,4H2,1-3H3,(H,16,18)/t9-,10-/m0/s1. The van der Waals surface area contributed by atoms with Gasteiger partial charge in [0.25, 0.3) is 5.91 Å². The minimum absolute atomic E-state index is 0.0293. The van der Waals surface area contributed by atoms with Crippen LogP contribution in [0.5, 0.6) is 0 Å². The molecule has 0 fully saturated rings. The van der Waals surface area contributed by atoms with Crippen LogP contribution >= 0.6 is 11.6 Å². The first-order valence-electron chi connectivity index (χ1n) is 6.93. The average Bonchev–Trinajstić information content (AvgIpc) is 2.47. The maximum Gasteiger partial charge on any atom is 0.324 e. The van der Waals surface area contributed by atoms with Crippen molar-refractivity contribution in [1.82, 2.24) is 10.0 Å². The normalized spacial score (nSPS) is 13.9. The summed E-state index contributed by atoms with van der Waals surface area (Å²) in [5, 5.41) is 2.90. The number of esters is 1. The van der Waals surface area contributed by atoms with Crippen LogP contribution in [0.2, 0.25) is 5.02 Å². The monoisotopic (exact) mass is 362 g/mol. The van der Waals surface area contributed by atoms with E-state index in [9.17, 15) is 18.0 Å². The van der Waals surface area contributed by atoms with Crippen molar-refractivity contribution >= 4 is 33.5 Å². The Hall–Kier alpha value is -1.64. The third kappa shape index (κ3) is 5.81. The number of rotatable bonds is 7. The molecule has 128 valence electrons. The van der Waals surface area contributed by atoms with Crippen LogP contribution in [0.1, 0.15) is 20.8 Å². The summed E-state index contributed by atoms with van der Waals surface area (Å²) in [6.07, 6.45) is -1.01. The molecule has 0 unspecified atom stereocenters. The summed E-state index contributed by atoms with van der Waals surface area (Å²) >= 11 is 5.70. The van der Waals surface area contributed by atoms with Crippen LogP contribution in [0.4, 0.5) is 0 Å². The number of benzene rings is 1. The minimum Gasteiger partial charge on any atom is -0.451 e. The van der Waals surface area contributed by atoms with Gasteiger partial charge < -0.3 is 10.1 Å². The zero-order valence-corrected chi connectivity index (χ0v) is 14.6. The first-order chi connectivity index (χ1) is 10.7. The predicted molar refractivity (Wildman–Crippen MR) is 85.5 cm³/mol. The molecule has 0 saturated heterocycles. The minimum atomic E-state index is -3.90. The molecule has 0 radical (unpaired) electrons. The van der Waals surface area contributed by atoms with E-state index >= 15 is 0 Å². The van der Waals surface area contributed by atoms with Crippen molar-refractivity contribution in [3.63, 3.8) is 0 Å². The van der Waals surface area contributed by atoms with Crippen LogP contribution in [0.25, 0.3) is 0 Å². The molecule has 0 spiro atoms. The van der Waals surface area contributed by atoms with Gasteiger partial charge >= 0.3 is 5.97 Å². The third-order valence-electron chi connectivity index (χ3n) is 2.82. The predicted octanol–water partition coefficient (Wildman–Crippen LogP) is 1.07. The van der Waals surface area contributed by atoms with Gasteiger partial charge in [-0.2, -0.15) is 4.72 Å². The van der Waals surface area contributed by atoms with Crippen LogP contribution in [-0.2, 0) is 24.3 Å². The summed E-state index contributed by atoms with van der Waals surface area (Å²) in [5.74, 6) is -1.30. The lowest BCUT2D eigenvalue weighted by molar-refractivity contribution is -0.156. The molecule has 0 saturated carbocycles. The lowest BCUT2D eigenvalue weighted by Gasteiger charge is -2.17. The van der Waals surface area contributed by atoms with E-state index in [1.807, 2.05) is 0 Å². The van der Waals surface area contributed by atoms with Gasteiger partial charge in [-0.1, -0.05) is 11.6 Å². The fourth-order valence-electron chi connectivity index (χ4n) is 1.61. The van der Waals surface area contributed by atoms with Crippen molar-refractivity contribution in [3.05, 3.63) is 29.3 Å². The molecule has 0 heterocycles. The van der Waals surface area contributed by atoms with Gasteiger partial charge in [0.2, 0.25) is 10.0 Å². The molecule has 0 bridgehead atoms. The molecule has 0 aliphatic heterocycles. The molecule has 0 aliphatic rings. The SMILES string of the molecule is CCNC(=O)[C@H](C)OC(=O)[C@H](C)NS(=O)(=O)c1ccc(Cl)cc1. The number of carbonyl (C=O) groups excluding carboxylic acids is 2.